The largest absolute Gasteiger partial charge is 0.366 e. The van der Waals surface area contributed by atoms with Crippen molar-refractivity contribution in [2.24, 2.45) is 0 Å². The molecule has 1 N–H and O–H groups in total. The van der Waals surface area contributed by atoms with E-state index in [2.05, 4.69) is 5.32 Å². The van der Waals surface area contributed by atoms with Gasteiger partial charge in [-0.05, 0) is 50.6 Å². The van der Waals surface area contributed by atoms with Crippen molar-refractivity contribution in [1.29, 1.82) is 0 Å². The highest BCUT2D eigenvalue weighted by atomic mass is 31.2. The number of benzene rings is 2. The molecule has 2 aromatic carbocycles. The van der Waals surface area contributed by atoms with Gasteiger partial charge in [0.25, 0.3) is 0 Å². The maximum Gasteiger partial charge on any atom is 0.360 e. The first kappa shape index (κ1) is 18.7. The van der Waals surface area contributed by atoms with Crippen LogP contribution in [-0.4, -0.2) is 13.2 Å². The molecule has 0 aliphatic carbocycles. The molecule has 2 aromatic rings. The fraction of sp³-hybridized carbons (Fsp3) is 0.333. The van der Waals surface area contributed by atoms with E-state index in [9.17, 15) is 8.96 Å². The maximum absolute atomic E-state index is 13.5. The van der Waals surface area contributed by atoms with Crippen molar-refractivity contribution >= 4 is 13.3 Å². The summed E-state index contributed by atoms with van der Waals surface area (Å²) >= 11 is 0. The molecule has 0 saturated heterocycles. The first-order valence-electron chi connectivity index (χ1n) is 7.93. The normalized spacial score (nSPS) is 14.2. The number of hydrogen-bond acceptors (Lipinski definition) is 4. The van der Waals surface area contributed by atoms with Gasteiger partial charge in [0.1, 0.15) is 5.82 Å². The summed E-state index contributed by atoms with van der Waals surface area (Å²) in [5, 5.41) is 2.12. The second-order valence-corrected chi connectivity index (χ2v) is 7.81. The van der Waals surface area contributed by atoms with Gasteiger partial charge in [-0.1, -0.05) is 30.3 Å². The third kappa shape index (κ3) is 3.86. The zero-order chi connectivity index (χ0) is 17.6. The van der Waals surface area contributed by atoms with Crippen LogP contribution in [0.2, 0.25) is 0 Å². The molecule has 1 unspecified atom stereocenters. The number of rotatable bonds is 8. The van der Waals surface area contributed by atoms with Crippen LogP contribution in [0.4, 0.5) is 10.1 Å². The minimum Gasteiger partial charge on any atom is -0.366 e. The lowest BCUT2D eigenvalue weighted by Crippen LogP contribution is -2.33. The van der Waals surface area contributed by atoms with Crippen molar-refractivity contribution in [2.75, 3.05) is 18.5 Å². The molecule has 24 heavy (non-hydrogen) atoms. The molecule has 0 aromatic heterocycles. The fourth-order valence-corrected chi connectivity index (χ4v) is 4.51. The van der Waals surface area contributed by atoms with Crippen LogP contribution in [0.25, 0.3) is 0 Å². The van der Waals surface area contributed by atoms with E-state index in [1.165, 1.54) is 12.1 Å². The van der Waals surface area contributed by atoms with Crippen molar-refractivity contribution in [2.45, 2.75) is 26.1 Å². The Morgan fingerprint density at radius 2 is 1.54 bits per heavy atom. The first-order valence-corrected chi connectivity index (χ1v) is 9.48. The van der Waals surface area contributed by atoms with Crippen LogP contribution in [0, 0.1) is 5.82 Å². The van der Waals surface area contributed by atoms with E-state index in [0.29, 0.717) is 5.69 Å². The van der Waals surface area contributed by atoms with Crippen LogP contribution < -0.4 is 5.32 Å². The molecule has 0 saturated carbocycles. The smallest absolute Gasteiger partial charge is 0.360 e. The molecular weight excluding hydrogens is 328 g/mol. The van der Waals surface area contributed by atoms with Gasteiger partial charge >= 0.3 is 7.60 Å². The van der Waals surface area contributed by atoms with Gasteiger partial charge in [-0.3, -0.25) is 4.57 Å². The van der Waals surface area contributed by atoms with Gasteiger partial charge in [0.05, 0.1) is 13.2 Å². The SMILES string of the molecule is CCOP(=O)(OCC)C(C)(Nc1ccc(F)cc1)c1ccccc1. The number of anilines is 1. The van der Waals surface area contributed by atoms with Crippen LogP contribution >= 0.6 is 7.60 Å². The van der Waals surface area contributed by atoms with Crippen LogP contribution in [-0.2, 0) is 18.9 Å². The molecule has 0 amide bonds. The van der Waals surface area contributed by atoms with Gasteiger partial charge in [-0.15, -0.1) is 0 Å². The van der Waals surface area contributed by atoms with Crippen LogP contribution in [0.5, 0.6) is 0 Å². The number of halogens is 1. The third-order valence-corrected chi connectivity index (χ3v) is 6.38. The van der Waals surface area contributed by atoms with Crippen molar-refractivity contribution in [3.05, 3.63) is 66.0 Å². The Morgan fingerprint density at radius 1 is 1.00 bits per heavy atom. The molecule has 0 bridgehead atoms. The predicted octanol–water partition coefficient (Wildman–Crippen LogP) is 5.38. The quantitative estimate of drug-likeness (QED) is 0.649. The van der Waals surface area contributed by atoms with Crippen LogP contribution in [0.3, 0.4) is 0 Å². The molecule has 6 heteroatoms. The zero-order valence-electron chi connectivity index (χ0n) is 14.2. The van der Waals surface area contributed by atoms with Gasteiger partial charge in [0.15, 0.2) is 5.28 Å². The molecule has 1 atom stereocenters. The van der Waals surface area contributed by atoms with Crippen molar-refractivity contribution in [3.63, 3.8) is 0 Å². The summed E-state index contributed by atoms with van der Waals surface area (Å²) in [5.41, 5.74) is 1.39. The Labute approximate surface area is 142 Å². The minimum absolute atomic E-state index is 0.255. The van der Waals surface area contributed by atoms with E-state index >= 15 is 0 Å². The van der Waals surface area contributed by atoms with Gasteiger partial charge in [0.2, 0.25) is 0 Å². The van der Waals surface area contributed by atoms with Gasteiger partial charge < -0.3 is 14.4 Å². The van der Waals surface area contributed by atoms with E-state index in [4.69, 9.17) is 9.05 Å². The Morgan fingerprint density at radius 3 is 2.04 bits per heavy atom. The summed E-state index contributed by atoms with van der Waals surface area (Å²) in [6.45, 7) is 5.83. The highest BCUT2D eigenvalue weighted by molar-refractivity contribution is 7.55. The lowest BCUT2D eigenvalue weighted by Gasteiger charge is -2.37. The average Bonchev–Trinajstić information content (AvgIpc) is 2.58. The van der Waals surface area contributed by atoms with E-state index in [1.54, 1.807) is 32.9 Å². The van der Waals surface area contributed by atoms with Crippen molar-refractivity contribution < 1.29 is 18.0 Å². The topological polar surface area (TPSA) is 47.6 Å². The summed E-state index contributed by atoms with van der Waals surface area (Å²) in [6.07, 6.45) is 0. The fourth-order valence-electron chi connectivity index (χ4n) is 2.51. The zero-order valence-corrected chi connectivity index (χ0v) is 15.1. The molecule has 0 heterocycles. The summed E-state index contributed by atoms with van der Waals surface area (Å²) < 4.78 is 37.9. The van der Waals surface area contributed by atoms with E-state index in [1.807, 2.05) is 30.3 Å². The van der Waals surface area contributed by atoms with Crippen LogP contribution in [0.1, 0.15) is 26.3 Å². The average molecular weight is 351 g/mol. The van der Waals surface area contributed by atoms with E-state index in [0.717, 1.165) is 5.56 Å². The Balaban J connectivity index is 2.52. The Hall–Kier alpha value is -1.68. The van der Waals surface area contributed by atoms with Crippen LogP contribution in [0.15, 0.2) is 54.6 Å². The summed E-state index contributed by atoms with van der Waals surface area (Å²) in [7, 11) is -3.55. The Bertz CT molecular complexity index is 683. The lowest BCUT2D eigenvalue weighted by atomic mass is 10.1. The molecule has 0 aliphatic heterocycles. The maximum atomic E-state index is 13.5. The monoisotopic (exact) mass is 351 g/mol. The molecule has 130 valence electrons. The minimum atomic E-state index is -3.55. The van der Waals surface area contributed by atoms with Gasteiger partial charge in [-0.2, -0.15) is 0 Å². The van der Waals surface area contributed by atoms with Crippen molar-refractivity contribution in [3.8, 4) is 0 Å². The number of nitrogens with one attached hydrogen (secondary N) is 1. The second-order valence-electron chi connectivity index (χ2n) is 5.40. The standard InChI is InChI=1S/C18H23FNO3P/c1-4-22-24(21,23-5-2)18(3,15-9-7-6-8-10-15)20-17-13-11-16(19)12-14-17/h6-14,20H,4-5H2,1-3H3. The molecule has 0 radical (unpaired) electrons. The van der Waals surface area contributed by atoms with E-state index < -0.39 is 12.9 Å². The highest BCUT2D eigenvalue weighted by Crippen LogP contribution is 2.64. The lowest BCUT2D eigenvalue weighted by molar-refractivity contribution is 0.202. The molecule has 0 spiro atoms. The molecule has 0 fully saturated rings. The molecular formula is C18H23FNO3P. The second kappa shape index (κ2) is 7.93. The summed E-state index contributed by atoms with van der Waals surface area (Å²) in [4.78, 5) is 0. The highest BCUT2D eigenvalue weighted by Gasteiger charge is 2.48. The Kier molecular flexibility index (Phi) is 6.16. The first-order chi connectivity index (χ1) is 11.4. The predicted molar refractivity (Wildman–Crippen MR) is 94.7 cm³/mol. The summed E-state index contributed by atoms with van der Waals surface area (Å²) in [5.74, 6) is -0.334. The van der Waals surface area contributed by atoms with Gasteiger partial charge in [-0.25, -0.2) is 4.39 Å². The number of hydrogen-bond donors (Lipinski definition) is 1. The molecule has 0 aliphatic rings. The van der Waals surface area contributed by atoms with Gasteiger partial charge in [0, 0.05) is 5.69 Å². The van der Waals surface area contributed by atoms with E-state index in [-0.39, 0.29) is 19.0 Å². The summed E-state index contributed by atoms with van der Waals surface area (Å²) in [6, 6.07) is 15.2. The molecule has 4 nitrogen and oxygen atoms in total. The van der Waals surface area contributed by atoms with Crippen molar-refractivity contribution in [1.82, 2.24) is 0 Å². The molecule has 2 rings (SSSR count). The third-order valence-electron chi connectivity index (χ3n) is 3.71.